The second-order valence-electron chi connectivity index (χ2n) is 4.79. The molecule has 1 aliphatic rings. The number of hydrogen-bond acceptors (Lipinski definition) is 3. The molecule has 1 aromatic heterocycles. The van der Waals surface area contributed by atoms with Crippen molar-refractivity contribution in [1.82, 2.24) is 4.98 Å². The third-order valence-electron chi connectivity index (χ3n) is 3.53. The molecule has 0 amide bonds. The van der Waals surface area contributed by atoms with Crippen LogP contribution >= 0.6 is 0 Å². The minimum atomic E-state index is 0.0822. The van der Waals surface area contributed by atoms with Gasteiger partial charge in [-0.2, -0.15) is 0 Å². The first kappa shape index (κ1) is 11.4. The van der Waals surface area contributed by atoms with Gasteiger partial charge in [-0.3, -0.25) is 0 Å². The van der Waals surface area contributed by atoms with Crippen LogP contribution in [-0.4, -0.2) is 18.1 Å². The van der Waals surface area contributed by atoms with Gasteiger partial charge >= 0.3 is 0 Å². The van der Waals surface area contributed by atoms with Crippen LogP contribution in [0.15, 0.2) is 18.3 Å². The Morgan fingerprint density at radius 1 is 1.44 bits per heavy atom. The molecule has 0 saturated heterocycles. The number of pyridine rings is 1. The summed E-state index contributed by atoms with van der Waals surface area (Å²) in [5.41, 5.74) is 7.05. The number of anilines is 1. The van der Waals surface area contributed by atoms with E-state index in [9.17, 15) is 0 Å². The van der Waals surface area contributed by atoms with Gasteiger partial charge in [0.1, 0.15) is 5.82 Å². The van der Waals surface area contributed by atoms with E-state index in [4.69, 9.17) is 5.73 Å². The highest BCUT2D eigenvalue weighted by Gasteiger charge is 2.20. The van der Waals surface area contributed by atoms with E-state index in [2.05, 4.69) is 23.0 Å². The van der Waals surface area contributed by atoms with E-state index in [0.717, 1.165) is 11.4 Å². The van der Waals surface area contributed by atoms with Crippen molar-refractivity contribution in [3.63, 3.8) is 0 Å². The van der Waals surface area contributed by atoms with Crippen LogP contribution in [-0.2, 0) is 0 Å². The molecule has 1 aromatic rings. The summed E-state index contributed by atoms with van der Waals surface area (Å²) in [6.07, 6.45) is 7.14. The fourth-order valence-electron chi connectivity index (χ4n) is 2.39. The first-order chi connectivity index (χ1) is 7.68. The zero-order chi connectivity index (χ0) is 11.5. The molecule has 0 aromatic carbocycles. The molecule has 2 N–H and O–H groups in total. The van der Waals surface area contributed by atoms with Crippen molar-refractivity contribution in [2.75, 3.05) is 11.9 Å². The maximum absolute atomic E-state index is 5.89. The monoisotopic (exact) mass is 219 g/mol. The van der Waals surface area contributed by atoms with Crippen molar-refractivity contribution in [3.05, 3.63) is 23.9 Å². The van der Waals surface area contributed by atoms with Crippen LogP contribution in [0.5, 0.6) is 0 Å². The van der Waals surface area contributed by atoms with Gasteiger partial charge in [-0.15, -0.1) is 0 Å². The van der Waals surface area contributed by atoms with Crippen molar-refractivity contribution in [2.45, 2.75) is 44.7 Å². The third-order valence-corrected chi connectivity index (χ3v) is 3.53. The van der Waals surface area contributed by atoms with E-state index in [1.54, 1.807) is 0 Å². The second kappa shape index (κ2) is 4.83. The average Bonchev–Trinajstić information content (AvgIpc) is 2.81. The van der Waals surface area contributed by atoms with Crippen LogP contribution in [0.1, 0.15) is 44.2 Å². The summed E-state index contributed by atoms with van der Waals surface area (Å²) >= 11 is 0. The van der Waals surface area contributed by atoms with E-state index < -0.39 is 0 Å². The van der Waals surface area contributed by atoms with Gasteiger partial charge in [0.15, 0.2) is 0 Å². The second-order valence-corrected chi connectivity index (χ2v) is 4.79. The van der Waals surface area contributed by atoms with E-state index in [1.165, 1.54) is 25.7 Å². The highest BCUT2D eigenvalue weighted by molar-refractivity contribution is 5.42. The van der Waals surface area contributed by atoms with Gasteiger partial charge in [0.2, 0.25) is 0 Å². The van der Waals surface area contributed by atoms with Crippen molar-refractivity contribution >= 4 is 5.82 Å². The number of nitrogens with zero attached hydrogens (tertiary/aromatic N) is 2. The van der Waals surface area contributed by atoms with Crippen LogP contribution in [0, 0.1) is 0 Å². The summed E-state index contributed by atoms with van der Waals surface area (Å²) in [5, 5.41) is 0. The molecule has 2 rings (SSSR count). The molecule has 16 heavy (non-hydrogen) atoms. The van der Waals surface area contributed by atoms with E-state index in [0.29, 0.717) is 6.04 Å². The minimum absolute atomic E-state index is 0.0822. The molecule has 0 radical (unpaired) electrons. The lowest BCUT2D eigenvalue weighted by molar-refractivity contribution is 0.645. The Morgan fingerprint density at radius 3 is 2.75 bits per heavy atom. The normalized spacial score (nSPS) is 18.7. The van der Waals surface area contributed by atoms with E-state index in [1.807, 2.05) is 19.2 Å². The lowest BCUT2D eigenvalue weighted by Gasteiger charge is -2.26. The van der Waals surface area contributed by atoms with Crippen LogP contribution in [0.25, 0.3) is 0 Å². The van der Waals surface area contributed by atoms with Crippen molar-refractivity contribution in [2.24, 2.45) is 5.73 Å². The minimum Gasteiger partial charge on any atom is -0.357 e. The molecule has 0 spiro atoms. The Hall–Kier alpha value is -1.09. The molecule has 3 nitrogen and oxygen atoms in total. The van der Waals surface area contributed by atoms with E-state index >= 15 is 0 Å². The predicted octanol–water partition coefficient (Wildman–Crippen LogP) is 2.48. The zero-order valence-corrected chi connectivity index (χ0v) is 10.2. The van der Waals surface area contributed by atoms with Gasteiger partial charge in [-0.25, -0.2) is 4.98 Å². The highest BCUT2D eigenvalue weighted by Crippen LogP contribution is 2.26. The third kappa shape index (κ3) is 2.35. The quantitative estimate of drug-likeness (QED) is 0.849. The molecule has 0 unspecified atom stereocenters. The lowest BCUT2D eigenvalue weighted by Crippen LogP contribution is -2.29. The SMILES string of the molecule is C[C@@H](N)c1ccnc(N(C)C2CCCC2)c1. The van der Waals surface area contributed by atoms with E-state index in [-0.39, 0.29) is 6.04 Å². The molecule has 0 aliphatic heterocycles. The maximum atomic E-state index is 5.89. The van der Waals surface area contributed by atoms with Crippen molar-refractivity contribution < 1.29 is 0 Å². The van der Waals surface area contributed by atoms with Crippen LogP contribution in [0.3, 0.4) is 0 Å². The first-order valence-corrected chi connectivity index (χ1v) is 6.13. The molecular formula is C13H21N3. The summed E-state index contributed by atoms with van der Waals surface area (Å²) in [4.78, 5) is 6.74. The fraction of sp³-hybridized carbons (Fsp3) is 0.615. The van der Waals surface area contributed by atoms with Crippen molar-refractivity contribution in [3.8, 4) is 0 Å². The molecule has 1 saturated carbocycles. The van der Waals surface area contributed by atoms with Gasteiger partial charge in [0.05, 0.1) is 0 Å². The first-order valence-electron chi connectivity index (χ1n) is 6.13. The Labute approximate surface area is 97.7 Å². The van der Waals surface area contributed by atoms with Crippen LogP contribution in [0.2, 0.25) is 0 Å². The summed E-state index contributed by atoms with van der Waals surface area (Å²) < 4.78 is 0. The Bertz CT molecular complexity index is 343. The van der Waals surface area contributed by atoms with Gasteiger partial charge < -0.3 is 10.6 Å². The molecular weight excluding hydrogens is 198 g/mol. The Kier molecular flexibility index (Phi) is 3.44. The zero-order valence-electron chi connectivity index (χ0n) is 10.2. The van der Waals surface area contributed by atoms with Gasteiger partial charge in [0, 0.05) is 25.3 Å². The number of rotatable bonds is 3. The standard InChI is InChI=1S/C13H21N3/c1-10(14)11-7-8-15-13(9-11)16(2)12-5-3-4-6-12/h7-10,12H,3-6,14H2,1-2H3/t10-/m1/s1. The van der Waals surface area contributed by atoms with Crippen molar-refractivity contribution in [1.29, 1.82) is 0 Å². The number of hydrogen-bond donors (Lipinski definition) is 1. The smallest absolute Gasteiger partial charge is 0.128 e. The van der Waals surface area contributed by atoms with Gasteiger partial charge in [-0.05, 0) is 37.5 Å². The Morgan fingerprint density at radius 2 is 2.12 bits per heavy atom. The maximum Gasteiger partial charge on any atom is 0.128 e. The molecule has 88 valence electrons. The predicted molar refractivity (Wildman–Crippen MR) is 67.5 cm³/mol. The Balaban J connectivity index is 2.15. The topological polar surface area (TPSA) is 42.1 Å². The molecule has 1 aliphatic carbocycles. The number of aromatic nitrogens is 1. The fourth-order valence-corrected chi connectivity index (χ4v) is 2.39. The molecule has 3 heteroatoms. The summed E-state index contributed by atoms with van der Waals surface area (Å²) in [6.45, 7) is 2.01. The molecule has 1 fully saturated rings. The summed E-state index contributed by atoms with van der Waals surface area (Å²) in [5.74, 6) is 1.06. The molecule has 1 heterocycles. The van der Waals surface area contributed by atoms with Gasteiger partial charge in [-0.1, -0.05) is 12.8 Å². The largest absolute Gasteiger partial charge is 0.357 e. The molecule has 1 atom stereocenters. The molecule has 0 bridgehead atoms. The highest BCUT2D eigenvalue weighted by atomic mass is 15.2. The average molecular weight is 219 g/mol. The van der Waals surface area contributed by atoms with Gasteiger partial charge in [0.25, 0.3) is 0 Å². The lowest BCUT2D eigenvalue weighted by atomic mass is 10.1. The van der Waals surface area contributed by atoms with Crippen LogP contribution in [0.4, 0.5) is 5.82 Å². The number of nitrogens with two attached hydrogens (primary N) is 1. The summed E-state index contributed by atoms with van der Waals surface area (Å²) in [7, 11) is 2.14. The van der Waals surface area contributed by atoms with Crippen LogP contribution < -0.4 is 10.6 Å². The summed E-state index contributed by atoms with van der Waals surface area (Å²) in [6, 6.07) is 4.86.